The summed E-state index contributed by atoms with van der Waals surface area (Å²) < 4.78 is 0. The van der Waals surface area contributed by atoms with Crippen molar-refractivity contribution in [2.45, 2.75) is 45.2 Å². The Labute approximate surface area is 173 Å². The van der Waals surface area contributed by atoms with Gasteiger partial charge in [-0.2, -0.15) is 0 Å². The van der Waals surface area contributed by atoms with Gasteiger partial charge in [0.2, 0.25) is 0 Å². The number of H-pyrrole nitrogens is 1. The Hall–Kier alpha value is -1.85. The molecule has 2 atom stereocenters. The second-order valence-corrected chi connectivity index (χ2v) is 8.90. The third-order valence-corrected chi connectivity index (χ3v) is 7.05. The summed E-state index contributed by atoms with van der Waals surface area (Å²) in [6, 6.07) is 7.45. The minimum Gasteiger partial charge on any atom is -0.361 e. The fourth-order valence-corrected chi connectivity index (χ4v) is 5.42. The smallest absolute Gasteiger partial charge is 0.169 e. The molecule has 1 saturated carbocycles. The molecule has 1 aromatic carbocycles. The van der Waals surface area contributed by atoms with E-state index in [2.05, 4.69) is 64.4 Å². The van der Waals surface area contributed by atoms with E-state index in [-0.39, 0.29) is 6.04 Å². The maximum atomic E-state index is 5.72. The molecule has 28 heavy (non-hydrogen) atoms. The van der Waals surface area contributed by atoms with Gasteiger partial charge < -0.3 is 15.2 Å². The molecule has 0 radical (unpaired) electrons. The number of hydrogen-bond donors (Lipinski definition) is 2. The molecule has 2 heterocycles. The van der Waals surface area contributed by atoms with Crippen molar-refractivity contribution < 1.29 is 0 Å². The van der Waals surface area contributed by atoms with Gasteiger partial charge in [0.05, 0.1) is 6.04 Å². The average Bonchev–Trinajstić information content (AvgIpc) is 3.42. The Bertz CT molecular complexity index is 922. The van der Waals surface area contributed by atoms with E-state index in [0.717, 1.165) is 37.1 Å². The Morgan fingerprint density at radius 3 is 2.86 bits per heavy atom. The van der Waals surface area contributed by atoms with Crippen LogP contribution in [0.1, 0.15) is 37.8 Å². The van der Waals surface area contributed by atoms with Gasteiger partial charge >= 0.3 is 0 Å². The van der Waals surface area contributed by atoms with Gasteiger partial charge in [0.25, 0.3) is 0 Å². The maximum absolute atomic E-state index is 5.72. The predicted octanol–water partition coefficient (Wildman–Crippen LogP) is 3.79. The molecule has 0 unspecified atom stereocenters. The van der Waals surface area contributed by atoms with E-state index < -0.39 is 0 Å². The fourth-order valence-electron chi connectivity index (χ4n) is 5.01. The lowest BCUT2D eigenvalue weighted by Crippen LogP contribution is -2.54. The largest absolute Gasteiger partial charge is 0.361 e. The highest BCUT2D eigenvalue weighted by atomic mass is 32.1. The van der Waals surface area contributed by atoms with Crippen LogP contribution in [-0.4, -0.2) is 58.2 Å². The van der Waals surface area contributed by atoms with E-state index in [0.29, 0.717) is 6.04 Å². The van der Waals surface area contributed by atoms with Crippen LogP contribution in [0.2, 0.25) is 0 Å². The molecular weight excluding hydrogens is 364 g/mol. The highest BCUT2D eigenvalue weighted by Gasteiger charge is 2.38. The zero-order valence-corrected chi connectivity index (χ0v) is 17.7. The van der Waals surface area contributed by atoms with Crippen molar-refractivity contribution in [2.75, 3.05) is 26.2 Å². The number of rotatable bonds is 5. The molecule has 0 amide bonds. The van der Waals surface area contributed by atoms with Crippen molar-refractivity contribution in [3.63, 3.8) is 0 Å². The van der Waals surface area contributed by atoms with Gasteiger partial charge in [-0.05, 0) is 74.0 Å². The van der Waals surface area contributed by atoms with E-state index in [1.54, 1.807) is 0 Å². The van der Waals surface area contributed by atoms with Gasteiger partial charge in [-0.3, -0.25) is 4.90 Å². The number of fused-ring (bicyclic) bond motifs is 2. The molecule has 1 fully saturated rings. The number of aromatic nitrogens is 1. The molecule has 0 saturated heterocycles. The van der Waals surface area contributed by atoms with E-state index in [9.17, 15) is 0 Å². The minimum atomic E-state index is 0.272. The normalized spacial score (nSPS) is 24.0. The van der Waals surface area contributed by atoms with Crippen molar-refractivity contribution >= 4 is 33.8 Å². The summed E-state index contributed by atoms with van der Waals surface area (Å²) in [6.45, 7) is 8.50. The summed E-state index contributed by atoms with van der Waals surface area (Å²) in [5, 5.41) is 5.96. The number of hydrogen-bond acceptors (Lipinski definition) is 2. The molecule has 5 rings (SSSR count). The monoisotopic (exact) mass is 394 g/mol. The molecule has 2 aliphatic carbocycles. The van der Waals surface area contributed by atoms with Gasteiger partial charge in [-0.15, -0.1) is 0 Å². The summed E-state index contributed by atoms with van der Waals surface area (Å²) in [5.41, 5.74) is 5.63. The summed E-state index contributed by atoms with van der Waals surface area (Å²) in [5.74, 6) is 0.887. The van der Waals surface area contributed by atoms with Gasteiger partial charge in [0, 0.05) is 49.3 Å². The van der Waals surface area contributed by atoms with E-state index >= 15 is 0 Å². The first-order chi connectivity index (χ1) is 13.7. The Morgan fingerprint density at radius 2 is 2.11 bits per heavy atom. The van der Waals surface area contributed by atoms with E-state index in [4.69, 9.17) is 12.2 Å². The van der Waals surface area contributed by atoms with Gasteiger partial charge in [-0.1, -0.05) is 18.2 Å². The second kappa shape index (κ2) is 7.20. The van der Waals surface area contributed by atoms with Crippen LogP contribution < -0.4 is 5.32 Å². The molecule has 2 N–H and O–H groups in total. The first-order valence-electron chi connectivity index (χ1n) is 10.8. The lowest BCUT2D eigenvalue weighted by atomic mass is 9.81. The molecule has 0 spiro atoms. The maximum Gasteiger partial charge on any atom is 0.169 e. The number of benzene rings is 1. The number of nitrogens with one attached hydrogen (secondary N) is 2. The minimum absolute atomic E-state index is 0.272. The van der Waals surface area contributed by atoms with Crippen molar-refractivity contribution in [3.05, 3.63) is 41.6 Å². The molecule has 1 aromatic heterocycles. The van der Waals surface area contributed by atoms with Gasteiger partial charge in [0.15, 0.2) is 5.11 Å². The van der Waals surface area contributed by atoms with Crippen molar-refractivity contribution in [3.8, 4) is 0 Å². The number of nitrogens with zero attached hydrogens (tertiary/aromatic N) is 2. The van der Waals surface area contributed by atoms with Crippen LogP contribution >= 0.6 is 12.2 Å². The van der Waals surface area contributed by atoms with Crippen molar-refractivity contribution in [1.29, 1.82) is 0 Å². The summed E-state index contributed by atoms with van der Waals surface area (Å²) in [4.78, 5) is 8.44. The van der Waals surface area contributed by atoms with Crippen LogP contribution in [0.15, 0.2) is 30.5 Å². The molecular formula is C23H30N4S. The van der Waals surface area contributed by atoms with E-state index in [1.807, 2.05) is 0 Å². The van der Waals surface area contributed by atoms with Gasteiger partial charge in [0.1, 0.15) is 0 Å². The summed E-state index contributed by atoms with van der Waals surface area (Å²) >= 11 is 5.72. The highest BCUT2D eigenvalue weighted by molar-refractivity contribution is 7.80. The SMILES string of the molecule is CCN(CC)C(=S)N[C@H]1C=C2c3cccc4[nH]cc(c34)C[C@H]2N(CC2CC2)C1. The predicted molar refractivity (Wildman–Crippen MR) is 121 cm³/mol. The molecule has 2 aromatic rings. The van der Waals surface area contributed by atoms with Crippen molar-refractivity contribution in [2.24, 2.45) is 5.92 Å². The zero-order valence-electron chi connectivity index (χ0n) is 16.9. The average molecular weight is 395 g/mol. The Kier molecular flexibility index (Phi) is 4.68. The molecule has 1 aliphatic heterocycles. The van der Waals surface area contributed by atoms with Gasteiger partial charge in [-0.25, -0.2) is 0 Å². The van der Waals surface area contributed by atoms with Crippen LogP contribution in [0, 0.1) is 5.92 Å². The lowest BCUT2D eigenvalue weighted by molar-refractivity contribution is 0.204. The summed E-state index contributed by atoms with van der Waals surface area (Å²) in [6.07, 6.45) is 8.59. The highest BCUT2D eigenvalue weighted by Crippen LogP contribution is 2.41. The Morgan fingerprint density at radius 1 is 1.29 bits per heavy atom. The van der Waals surface area contributed by atoms with Crippen molar-refractivity contribution in [1.82, 2.24) is 20.1 Å². The van der Waals surface area contributed by atoms with Crippen LogP contribution in [0.25, 0.3) is 16.5 Å². The first kappa shape index (κ1) is 18.2. The zero-order chi connectivity index (χ0) is 19.3. The molecule has 3 aliphatic rings. The number of thiocarbonyl (C=S) groups is 1. The van der Waals surface area contributed by atoms with Crippen LogP contribution in [0.5, 0.6) is 0 Å². The van der Waals surface area contributed by atoms with E-state index in [1.165, 1.54) is 47.0 Å². The topological polar surface area (TPSA) is 34.3 Å². The number of aromatic amines is 1. The Balaban J connectivity index is 1.50. The quantitative estimate of drug-likeness (QED) is 0.756. The second-order valence-electron chi connectivity index (χ2n) is 8.51. The third kappa shape index (κ3) is 3.15. The molecule has 0 bridgehead atoms. The van der Waals surface area contributed by atoms with Crippen LogP contribution in [0.3, 0.4) is 0 Å². The molecule has 148 valence electrons. The standard InChI is InChI=1S/C23H30N4S/c1-3-26(4-2)23(28)25-17-11-19-18-6-5-7-20-22(18)16(12-24-20)10-21(19)27(14-17)13-15-8-9-15/h5-7,11-12,15,17,21,24H,3-4,8-10,13-14H2,1-2H3,(H,25,28)/t17-,21+/m0/s1. The fraction of sp³-hybridized carbons (Fsp3) is 0.522. The third-order valence-electron chi connectivity index (χ3n) is 6.67. The summed E-state index contributed by atoms with van der Waals surface area (Å²) in [7, 11) is 0. The molecule has 5 heteroatoms. The molecule has 4 nitrogen and oxygen atoms in total. The first-order valence-corrected chi connectivity index (χ1v) is 11.2. The van der Waals surface area contributed by atoms with Crippen LogP contribution in [0.4, 0.5) is 0 Å². The lowest BCUT2D eigenvalue weighted by Gasteiger charge is -2.43. The van der Waals surface area contributed by atoms with Crippen LogP contribution in [-0.2, 0) is 6.42 Å².